The Kier molecular flexibility index (Phi) is 7.01. The number of benzene rings is 1. The number of esters is 1. The van der Waals surface area contributed by atoms with Crippen LogP contribution in [0.5, 0.6) is 5.75 Å². The van der Waals surface area contributed by atoms with Gasteiger partial charge in [0, 0.05) is 17.3 Å². The van der Waals surface area contributed by atoms with Gasteiger partial charge >= 0.3 is 5.97 Å². The highest BCUT2D eigenvalue weighted by molar-refractivity contribution is 9.09. The van der Waals surface area contributed by atoms with Gasteiger partial charge in [0.1, 0.15) is 11.3 Å². The number of carbonyl (C=O) groups is 1. The topological polar surface area (TPSA) is 55.8 Å². The van der Waals surface area contributed by atoms with Gasteiger partial charge in [0.2, 0.25) is 0 Å². The van der Waals surface area contributed by atoms with Crippen molar-refractivity contribution in [1.82, 2.24) is 0 Å². The number of carbonyl (C=O) groups excluding carboxylic acids is 1. The third-order valence-corrected chi connectivity index (χ3v) is 2.51. The lowest BCUT2D eigenvalue weighted by atomic mass is 10.1. The number of methoxy groups -OCH3 is 1. The maximum Gasteiger partial charge on any atom is 0.341 e. The molecule has 1 rings (SSSR count). The molecule has 1 aromatic carbocycles. The first-order chi connectivity index (χ1) is 9.22. The van der Waals surface area contributed by atoms with E-state index in [4.69, 9.17) is 14.6 Å². The zero-order valence-corrected chi connectivity index (χ0v) is 12.2. The molecule has 0 bridgehead atoms. The van der Waals surface area contributed by atoms with Gasteiger partial charge in [-0.2, -0.15) is 0 Å². The fourth-order valence-corrected chi connectivity index (χ4v) is 1.53. The molecule has 19 heavy (non-hydrogen) atoms. The number of alkyl halides is 1. The third kappa shape index (κ3) is 4.93. The van der Waals surface area contributed by atoms with Gasteiger partial charge in [0.05, 0.1) is 20.3 Å². The number of rotatable bonds is 5. The molecular weight excluding hydrogens is 312 g/mol. The average Bonchev–Trinajstić information content (AvgIpc) is 2.45. The van der Waals surface area contributed by atoms with Gasteiger partial charge in [-0.15, -0.1) is 0 Å². The molecule has 4 nitrogen and oxygen atoms in total. The van der Waals surface area contributed by atoms with Crippen LogP contribution in [0.4, 0.5) is 0 Å². The lowest BCUT2D eigenvalue weighted by Crippen LogP contribution is -2.07. The van der Waals surface area contributed by atoms with Crippen molar-refractivity contribution in [1.29, 1.82) is 0 Å². The Labute approximate surface area is 120 Å². The molecule has 0 saturated carbocycles. The Morgan fingerprint density at radius 1 is 1.47 bits per heavy atom. The molecule has 1 aromatic rings. The highest BCUT2D eigenvalue weighted by Crippen LogP contribution is 2.21. The van der Waals surface area contributed by atoms with Crippen molar-refractivity contribution in [3.05, 3.63) is 29.3 Å². The van der Waals surface area contributed by atoms with E-state index in [0.29, 0.717) is 35.2 Å². The van der Waals surface area contributed by atoms with E-state index < -0.39 is 5.97 Å². The minimum absolute atomic E-state index is 0.0172. The maximum atomic E-state index is 11.7. The van der Waals surface area contributed by atoms with Gasteiger partial charge in [-0.1, -0.05) is 27.8 Å². The summed E-state index contributed by atoms with van der Waals surface area (Å²) >= 11 is 3.25. The molecule has 0 aliphatic rings. The summed E-state index contributed by atoms with van der Waals surface area (Å²) in [7, 11) is 1.32. The molecule has 0 heterocycles. The van der Waals surface area contributed by atoms with Gasteiger partial charge in [-0.05, 0) is 18.2 Å². The van der Waals surface area contributed by atoms with E-state index in [1.807, 2.05) is 0 Å². The van der Waals surface area contributed by atoms with Crippen LogP contribution in [-0.2, 0) is 4.74 Å². The zero-order valence-electron chi connectivity index (χ0n) is 10.6. The van der Waals surface area contributed by atoms with E-state index in [1.54, 1.807) is 18.2 Å². The van der Waals surface area contributed by atoms with Crippen molar-refractivity contribution in [3.8, 4) is 17.6 Å². The molecule has 0 fully saturated rings. The van der Waals surface area contributed by atoms with Crippen LogP contribution in [0.1, 0.15) is 22.3 Å². The van der Waals surface area contributed by atoms with Gasteiger partial charge < -0.3 is 14.6 Å². The van der Waals surface area contributed by atoms with Crippen LogP contribution in [-0.4, -0.2) is 36.7 Å². The monoisotopic (exact) mass is 326 g/mol. The molecule has 0 spiro atoms. The second-order valence-electron chi connectivity index (χ2n) is 3.52. The van der Waals surface area contributed by atoms with E-state index in [1.165, 1.54) is 7.11 Å². The van der Waals surface area contributed by atoms with E-state index in [9.17, 15) is 4.79 Å². The standard InChI is InChI=1S/C14H15BrO4/c1-18-14(17)12-10-11(4-2-3-8-16)5-6-13(12)19-9-7-15/h5-6,10,16H,3,7-9H2,1H3. The number of aliphatic hydroxyl groups excluding tert-OH is 1. The maximum absolute atomic E-state index is 11.7. The minimum atomic E-state index is -0.463. The molecule has 0 aromatic heterocycles. The first-order valence-corrected chi connectivity index (χ1v) is 6.86. The van der Waals surface area contributed by atoms with Gasteiger partial charge in [0.15, 0.2) is 0 Å². The van der Waals surface area contributed by atoms with Crippen LogP contribution in [0.3, 0.4) is 0 Å². The molecular formula is C14H15BrO4. The summed E-state index contributed by atoms with van der Waals surface area (Å²) in [6.07, 6.45) is 0.398. The summed E-state index contributed by atoms with van der Waals surface area (Å²) < 4.78 is 10.2. The smallest absolute Gasteiger partial charge is 0.341 e. The Hall–Kier alpha value is -1.51. The molecule has 0 amide bonds. The molecule has 0 aliphatic heterocycles. The third-order valence-electron chi connectivity index (χ3n) is 2.19. The Morgan fingerprint density at radius 3 is 2.89 bits per heavy atom. The van der Waals surface area contributed by atoms with Crippen molar-refractivity contribution in [2.24, 2.45) is 0 Å². The Morgan fingerprint density at radius 2 is 2.26 bits per heavy atom. The molecule has 5 heteroatoms. The van der Waals surface area contributed by atoms with Crippen LogP contribution in [0, 0.1) is 11.8 Å². The van der Waals surface area contributed by atoms with Gasteiger partial charge in [-0.3, -0.25) is 0 Å². The first kappa shape index (κ1) is 15.5. The lowest BCUT2D eigenvalue weighted by Gasteiger charge is -2.09. The Bertz CT molecular complexity index is 488. The van der Waals surface area contributed by atoms with Gasteiger partial charge in [-0.25, -0.2) is 4.79 Å². The molecule has 0 saturated heterocycles. The average molecular weight is 327 g/mol. The van der Waals surface area contributed by atoms with Crippen LogP contribution in [0.25, 0.3) is 0 Å². The largest absolute Gasteiger partial charge is 0.492 e. The predicted molar refractivity (Wildman–Crippen MR) is 75.7 cm³/mol. The molecule has 0 atom stereocenters. The summed E-state index contributed by atoms with van der Waals surface area (Å²) in [6, 6.07) is 5.08. The molecule has 102 valence electrons. The van der Waals surface area contributed by atoms with Crippen molar-refractivity contribution in [2.45, 2.75) is 6.42 Å². The minimum Gasteiger partial charge on any atom is -0.492 e. The highest BCUT2D eigenvalue weighted by atomic mass is 79.9. The summed E-state index contributed by atoms with van der Waals surface area (Å²) in [6.45, 7) is 0.475. The van der Waals surface area contributed by atoms with E-state index >= 15 is 0 Å². The molecule has 1 N–H and O–H groups in total. The summed E-state index contributed by atoms with van der Waals surface area (Å²) in [5.74, 6) is 5.67. The fourth-order valence-electron chi connectivity index (χ4n) is 1.37. The molecule has 0 aliphatic carbocycles. The second kappa shape index (κ2) is 8.57. The quantitative estimate of drug-likeness (QED) is 0.510. The van der Waals surface area contributed by atoms with Crippen molar-refractivity contribution in [2.75, 3.05) is 25.7 Å². The van der Waals surface area contributed by atoms with Crippen LogP contribution < -0.4 is 4.74 Å². The van der Waals surface area contributed by atoms with Gasteiger partial charge in [0.25, 0.3) is 0 Å². The number of hydrogen-bond donors (Lipinski definition) is 1. The highest BCUT2D eigenvalue weighted by Gasteiger charge is 2.13. The number of hydrogen-bond acceptors (Lipinski definition) is 4. The molecule has 0 radical (unpaired) electrons. The fraction of sp³-hybridized carbons (Fsp3) is 0.357. The van der Waals surface area contributed by atoms with E-state index in [0.717, 1.165) is 0 Å². The SMILES string of the molecule is COC(=O)c1cc(C#CCCO)ccc1OCCBr. The zero-order chi connectivity index (χ0) is 14.1. The van der Waals surface area contributed by atoms with Crippen molar-refractivity contribution >= 4 is 21.9 Å². The number of aliphatic hydroxyl groups is 1. The van der Waals surface area contributed by atoms with Crippen LogP contribution in [0.2, 0.25) is 0 Å². The van der Waals surface area contributed by atoms with Crippen LogP contribution >= 0.6 is 15.9 Å². The number of ether oxygens (including phenoxy) is 2. The van der Waals surface area contributed by atoms with E-state index in [2.05, 4.69) is 27.8 Å². The Balaban J connectivity index is 3.01. The summed E-state index contributed by atoms with van der Waals surface area (Å²) in [5, 5.41) is 9.34. The second-order valence-corrected chi connectivity index (χ2v) is 4.31. The molecule has 0 unspecified atom stereocenters. The predicted octanol–water partition coefficient (Wildman–Crippen LogP) is 1.98. The van der Waals surface area contributed by atoms with Crippen molar-refractivity contribution < 1.29 is 19.4 Å². The summed E-state index contributed by atoms with van der Waals surface area (Å²) in [4.78, 5) is 11.7. The van der Waals surface area contributed by atoms with E-state index in [-0.39, 0.29) is 6.61 Å². The van der Waals surface area contributed by atoms with Crippen molar-refractivity contribution in [3.63, 3.8) is 0 Å². The summed E-state index contributed by atoms with van der Waals surface area (Å²) in [5.41, 5.74) is 1.03. The van der Waals surface area contributed by atoms with Crippen LogP contribution in [0.15, 0.2) is 18.2 Å². The normalized spacial score (nSPS) is 9.42. The first-order valence-electron chi connectivity index (χ1n) is 5.73. The number of halogens is 1. The lowest BCUT2D eigenvalue weighted by molar-refractivity contribution is 0.0596.